The number of halogens is 2. The summed E-state index contributed by atoms with van der Waals surface area (Å²) in [6.45, 7) is 5.88. The van der Waals surface area contributed by atoms with Gasteiger partial charge in [-0.3, -0.25) is 0 Å². The number of methoxy groups -OCH3 is 1. The summed E-state index contributed by atoms with van der Waals surface area (Å²) < 4.78 is 31.3. The zero-order valence-electron chi connectivity index (χ0n) is 12.6. The minimum atomic E-state index is -0.792. The van der Waals surface area contributed by atoms with Crippen LogP contribution in [0.5, 0.6) is 0 Å². The third-order valence-electron chi connectivity index (χ3n) is 3.29. The van der Waals surface area contributed by atoms with Crippen LogP contribution in [0.2, 0.25) is 0 Å². The predicted molar refractivity (Wildman–Crippen MR) is 77.8 cm³/mol. The topological polar surface area (TPSA) is 21.3 Å². The lowest BCUT2D eigenvalue weighted by Crippen LogP contribution is -2.34. The van der Waals surface area contributed by atoms with Crippen molar-refractivity contribution in [3.63, 3.8) is 0 Å². The molecule has 4 heteroatoms. The molecule has 0 aliphatic rings. The Kier molecular flexibility index (Phi) is 7.70. The van der Waals surface area contributed by atoms with Crippen LogP contribution in [0.1, 0.15) is 32.3 Å². The Morgan fingerprint density at radius 1 is 1.25 bits per heavy atom. The van der Waals surface area contributed by atoms with E-state index in [9.17, 15) is 8.78 Å². The van der Waals surface area contributed by atoms with E-state index in [1.807, 2.05) is 0 Å². The second kappa shape index (κ2) is 9.03. The molecule has 0 aromatic heterocycles. The Morgan fingerprint density at radius 3 is 2.60 bits per heavy atom. The summed E-state index contributed by atoms with van der Waals surface area (Å²) in [5, 5.41) is 3.47. The summed E-state index contributed by atoms with van der Waals surface area (Å²) >= 11 is 0. The first-order valence-corrected chi connectivity index (χ1v) is 7.23. The van der Waals surface area contributed by atoms with Gasteiger partial charge < -0.3 is 10.1 Å². The highest BCUT2D eigenvalue weighted by molar-refractivity contribution is 5.18. The number of ether oxygens (including phenoxy) is 1. The molecule has 1 aromatic rings. The number of benzene rings is 1. The van der Waals surface area contributed by atoms with E-state index in [-0.39, 0.29) is 6.04 Å². The maximum Gasteiger partial charge on any atom is 0.159 e. The van der Waals surface area contributed by atoms with E-state index in [0.717, 1.165) is 24.9 Å². The van der Waals surface area contributed by atoms with Gasteiger partial charge in [-0.25, -0.2) is 8.78 Å². The maximum absolute atomic E-state index is 13.2. The fourth-order valence-electron chi connectivity index (χ4n) is 2.38. The van der Waals surface area contributed by atoms with Gasteiger partial charge >= 0.3 is 0 Å². The van der Waals surface area contributed by atoms with Crippen molar-refractivity contribution in [1.29, 1.82) is 0 Å². The molecule has 1 aromatic carbocycles. The van der Waals surface area contributed by atoms with Crippen LogP contribution in [-0.4, -0.2) is 26.3 Å². The van der Waals surface area contributed by atoms with Crippen LogP contribution >= 0.6 is 0 Å². The molecule has 0 saturated heterocycles. The van der Waals surface area contributed by atoms with Gasteiger partial charge in [0, 0.05) is 19.8 Å². The van der Waals surface area contributed by atoms with Crippen molar-refractivity contribution in [1.82, 2.24) is 5.32 Å². The van der Waals surface area contributed by atoms with Crippen LogP contribution in [0.3, 0.4) is 0 Å². The van der Waals surface area contributed by atoms with Gasteiger partial charge in [0.25, 0.3) is 0 Å². The van der Waals surface area contributed by atoms with Gasteiger partial charge in [0.15, 0.2) is 11.6 Å². The summed E-state index contributed by atoms with van der Waals surface area (Å²) in [6, 6.07) is 4.39. The van der Waals surface area contributed by atoms with E-state index in [4.69, 9.17) is 4.74 Å². The minimum Gasteiger partial charge on any atom is -0.384 e. The summed E-state index contributed by atoms with van der Waals surface area (Å²) in [4.78, 5) is 0. The van der Waals surface area contributed by atoms with Crippen LogP contribution in [0.25, 0.3) is 0 Å². The van der Waals surface area contributed by atoms with Crippen molar-refractivity contribution in [2.45, 2.75) is 39.2 Å². The zero-order chi connectivity index (χ0) is 15.0. The molecule has 0 spiro atoms. The molecule has 0 aliphatic carbocycles. The smallest absolute Gasteiger partial charge is 0.159 e. The van der Waals surface area contributed by atoms with Gasteiger partial charge in [-0.1, -0.05) is 19.9 Å². The SMILES string of the molecule is CCCNC(Cc1ccc(F)c(F)c1)CC(C)COC. The number of hydrogen-bond donors (Lipinski definition) is 1. The first-order valence-electron chi connectivity index (χ1n) is 7.23. The van der Waals surface area contributed by atoms with E-state index in [2.05, 4.69) is 19.2 Å². The fourth-order valence-corrected chi connectivity index (χ4v) is 2.38. The lowest BCUT2D eigenvalue weighted by Gasteiger charge is -2.22. The maximum atomic E-state index is 13.2. The van der Waals surface area contributed by atoms with E-state index in [1.54, 1.807) is 13.2 Å². The molecule has 20 heavy (non-hydrogen) atoms. The Balaban J connectivity index is 2.64. The molecule has 0 amide bonds. The molecule has 2 nitrogen and oxygen atoms in total. The summed E-state index contributed by atoms with van der Waals surface area (Å²) in [5.74, 6) is -1.14. The standard InChI is InChI=1S/C16H25F2NO/c1-4-7-19-14(8-12(2)11-20-3)9-13-5-6-15(17)16(18)10-13/h5-6,10,12,14,19H,4,7-9,11H2,1-3H3. The van der Waals surface area contributed by atoms with Crippen LogP contribution < -0.4 is 5.32 Å². The highest BCUT2D eigenvalue weighted by Crippen LogP contribution is 2.15. The Morgan fingerprint density at radius 2 is 2.00 bits per heavy atom. The van der Waals surface area contributed by atoms with Gasteiger partial charge in [0.1, 0.15) is 0 Å². The van der Waals surface area contributed by atoms with Crippen molar-refractivity contribution >= 4 is 0 Å². The lowest BCUT2D eigenvalue weighted by atomic mass is 9.96. The van der Waals surface area contributed by atoms with Crippen LogP contribution in [0.15, 0.2) is 18.2 Å². The van der Waals surface area contributed by atoms with Gasteiger partial charge in [-0.15, -0.1) is 0 Å². The van der Waals surface area contributed by atoms with Crippen LogP contribution in [0, 0.1) is 17.6 Å². The predicted octanol–water partition coefficient (Wildman–Crippen LogP) is 3.55. The molecular weight excluding hydrogens is 260 g/mol. The van der Waals surface area contributed by atoms with Crippen molar-refractivity contribution in [3.05, 3.63) is 35.4 Å². The monoisotopic (exact) mass is 285 g/mol. The van der Waals surface area contributed by atoms with Crippen molar-refractivity contribution < 1.29 is 13.5 Å². The van der Waals surface area contributed by atoms with Crippen molar-refractivity contribution in [3.8, 4) is 0 Å². The highest BCUT2D eigenvalue weighted by Gasteiger charge is 2.14. The van der Waals surface area contributed by atoms with E-state index >= 15 is 0 Å². The summed E-state index contributed by atoms with van der Waals surface area (Å²) in [5.41, 5.74) is 0.821. The third-order valence-corrected chi connectivity index (χ3v) is 3.29. The van der Waals surface area contributed by atoms with Crippen LogP contribution in [-0.2, 0) is 11.2 Å². The summed E-state index contributed by atoms with van der Waals surface area (Å²) in [7, 11) is 1.69. The zero-order valence-corrected chi connectivity index (χ0v) is 12.6. The van der Waals surface area contributed by atoms with Gasteiger partial charge in [-0.2, -0.15) is 0 Å². The second-order valence-corrected chi connectivity index (χ2v) is 5.40. The molecule has 114 valence electrons. The molecule has 0 radical (unpaired) electrons. The van der Waals surface area contributed by atoms with E-state index in [0.29, 0.717) is 18.9 Å². The number of hydrogen-bond acceptors (Lipinski definition) is 2. The van der Waals surface area contributed by atoms with E-state index < -0.39 is 11.6 Å². The first-order chi connectivity index (χ1) is 9.56. The molecule has 0 bridgehead atoms. The van der Waals surface area contributed by atoms with Gasteiger partial charge in [0.2, 0.25) is 0 Å². The second-order valence-electron chi connectivity index (χ2n) is 5.40. The largest absolute Gasteiger partial charge is 0.384 e. The third kappa shape index (κ3) is 5.97. The van der Waals surface area contributed by atoms with Crippen molar-refractivity contribution in [2.24, 2.45) is 5.92 Å². The fraction of sp³-hybridized carbons (Fsp3) is 0.625. The average molecular weight is 285 g/mol. The number of rotatable bonds is 9. The number of nitrogens with one attached hydrogen (secondary N) is 1. The van der Waals surface area contributed by atoms with Gasteiger partial charge in [-0.05, 0) is 49.4 Å². The molecular formula is C16H25F2NO. The summed E-state index contributed by atoms with van der Waals surface area (Å²) in [6.07, 6.45) is 2.70. The minimum absolute atomic E-state index is 0.255. The average Bonchev–Trinajstić information content (AvgIpc) is 2.40. The molecule has 1 N–H and O–H groups in total. The van der Waals surface area contributed by atoms with Gasteiger partial charge in [0.05, 0.1) is 0 Å². The molecule has 2 unspecified atom stereocenters. The Bertz CT molecular complexity index is 398. The van der Waals surface area contributed by atoms with Crippen molar-refractivity contribution in [2.75, 3.05) is 20.3 Å². The molecule has 0 heterocycles. The van der Waals surface area contributed by atoms with E-state index in [1.165, 1.54) is 12.1 Å². The van der Waals surface area contributed by atoms with Crippen LogP contribution in [0.4, 0.5) is 8.78 Å². The lowest BCUT2D eigenvalue weighted by molar-refractivity contribution is 0.149. The Hall–Kier alpha value is -1.00. The normalized spacial score (nSPS) is 14.2. The highest BCUT2D eigenvalue weighted by atomic mass is 19.2. The molecule has 0 fully saturated rings. The quantitative estimate of drug-likeness (QED) is 0.749. The first kappa shape index (κ1) is 17.1. The molecule has 0 saturated carbocycles. The Labute approximate surface area is 120 Å². The molecule has 1 rings (SSSR count). The molecule has 2 atom stereocenters. The molecule has 0 aliphatic heterocycles.